The molecule has 0 aliphatic carbocycles. The first-order chi connectivity index (χ1) is 7.69. The molecule has 0 aromatic heterocycles. The summed E-state index contributed by atoms with van der Waals surface area (Å²) < 4.78 is 5.31. The van der Waals surface area contributed by atoms with Crippen molar-refractivity contribution in [3.8, 4) is 5.75 Å². The van der Waals surface area contributed by atoms with Gasteiger partial charge in [-0.05, 0) is 30.5 Å². The minimum atomic E-state index is 0.140. The fraction of sp³-hybridized carbons (Fsp3) is 0.571. The quantitative estimate of drug-likeness (QED) is 0.745. The van der Waals surface area contributed by atoms with Crippen molar-refractivity contribution in [2.75, 3.05) is 7.11 Å². The van der Waals surface area contributed by atoms with E-state index in [0.29, 0.717) is 0 Å². The van der Waals surface area contributed by atoms with Crippen LogP contribution in [0.2, 0.25) is 0 Å². The first-order valence-corrected chi connectivity index (χ1v) is 6.09. The zero-order chi connectivity index (χ0) is 12.0. The average Bonchev–Trinajstić information content (AvgIpc) is 2.30. The second-order valence-corrected chi connectivity index (χ2v) is 4.33. The number of unbranched alkanes of at least 4 members (excludes halogenated alkanes) is 2. The third-order valence-electron chi connectivity index (χ3n) is 2.98. The van der Waals surface area contributed by atoms with Crippen LogP contribution < -0.4 is 10.5 Å². The van der Waals surface area contributed by atoms with E-state index in [1.54, 1.807) is 7.11 Å². The monoisotopic (exact) mass is 221 g/mol. The van der Waals surface area contributed by atoms with E-state index in [4.69, 9.17) is 10.5 Å². The SMILES string of the molecule is CCCCC[C@H](N)c1ccc(C)c(OC)c1. The Hall–Kier alpha value is -1.02. The minimum absolute atomic E-state index is 0.140. The highest BCUT2D eigenvalue weighted by Gasteiger charge is 2.07. The maximum Gasteiger partial charge on any atom is 0.122 e. The Morgan fingerprint density at radius 1 is 1.31 bits per heavy atom. The number of ether oxygens (including phenoxy) is 1. The summed E-state index contributed by atoms with van der Waals surface area (Å²) >= 11 is 0. The van der Waals surface area contributed by atoms with Crippen LogP contribution in [0.15, 0.2) is 18.2 Å². The summed E-state index contributed by atoms with van der Waals surface area (Å²) in [6, 6.07) is 6.38. The second-order valence-electron chi connectivity index (χ2n) is 4.33. The number of hydrogen-bond acceptors (Lipinski definition) is 2. The normalized spacial score (nSPS) is 12.5. The lowest BCUT2D eigenvalue weighted by atomic mass is 10.00. The van der Waals surface area contributed by atoms with E-state index >= 15 is 0 Å². The molecular formula is C14H23NO. The average molecular weight is 221 g/mol. The molecule has 0 spiro atoms. The summed E-state index contributed by atoms with van der Waals surface area (Å²) in [6.45, 7) is 4.26. The van der Waals surface area contributed by atoms with Gasteiger partial charge in [0.25, 0.3) is 0 Å². The van der Waals surface area contributed by atoms with Gasteiger partial charge >= 0.3 is 0 Å². The third kappa shape index (κ3) is 3.53. The van der Waals surface area contributed by atoms with Crippen molar-refractivity contribution in [3.05, 3.63) is 29.3 Å². The lowest BCUT2D eigenvalue weighted by molar-refractivity contribution is 0.410. The Balaban J connectivity index is 2.64. The van der Waals surface area contributed by atoms with E-state index in [-0.39, 0.29) is 6.04 Å². The molecule has 90 valence electrons. The highest BCUT2D eigenvalue weighted by molar-refractivity contribution is 5.37. The molecule has 1 aromatic carbocycles. The predicted octanol–water partition coefficient (Wildman–Crippen LogP) is 3.58. The van der Waals surface area contributed by atoms with E-state index < -0.39 is 0 Å². The highest BCUT2D eigenvalue weighted by atomic mass is 16.5. The van der Waals surface area contributed by atoms with E-state index in [0.717, 1.165) is 17.7 Å². The number of hydrogen-bond donors (Lipinski definition) is 1. The standard InChI is InChI=1S/C14H23NO/c1-4-5-6-7-13(15)12-9-8-11(2)14(10-12)16-3/h8-10,13H,4-7,15H2,1-3H3/t13-/m0/s1. The maximum atomic E-state index is 6.15. The molecule has 0 bridgehead atoms. The van der Waals surface area contributed by atoms with Crippen molar-refractivity contribution in [1.29, 1.82) is 0 Å². The third-order valence-corrected chi connectivity index (χ3v) is 2.98. The van der Waals surface area contributed by atoms with Crippen molar-refractivity contribution in [1.82, 2.24) is 0 Å². The van der Waals surface area contributed by atoms with Crippen LogP contribution in [0.25, 0.3) is 0 Å². The van der Waals surface area contributed by atoms with Gasteiger partial charge in [-0.15, -0.1) is 0 Å². The molecule has 2 nitrogen and oxygen atoms in total. The molecular weight excluding hydrogens is 198 g/mol. The minimum Gasteiger partial charge on any atom is -0.496 e. The smallest absolute Gasteiger partial charge is 0.122 e. The molecule has 0 amide bonds. The number of aryl methyl sites for hydroxylation is 1. The van der Waals surface area contributed by atoms with Gasteiger partial charge in [-0.3, -0.25) is 0 Å². The predicted molar refractivity (Wildman–Crippen MR) is 68.8 cm³/mol. The Morgan fingerprint density at radius 3 is 2.69 bits per heavy atom. The molecule has 1 atom stereocenters. The molecule has 0 fully saturated rings. The number of rotatable bonds is 6. The summed E-state index contributed by atoms with van der Waals surface area (Å²) in [7, 11) is 1.70. The van der Waals surface area contributed by atoms with Crippen LogP contribution in [0, 0.1) is 6.92 Å². The lowest BCUT2D eigenvalue weighted by Crippen LogP contribution is -2.10. The number of methoxy groups -OCH3 is 1. The lowest BCUT2D eigenvalue weighted by Gasteiger charge is -2.14. The van der Waals surface area contributed by atoms with Crippen molar-refractivity contribution >= 4 is 0 Å². The molecule has 0 aliphatic rings. The summed E-state index contributed by atoms with van der Waals surface area (Å²) in [5.74, 6) is 0.934. The summed E-state index contributed by atoms with van der Waals surface area (Å²) in [5, 5.41) is 0. The topological polar surface area (TPSA) is 35.2 Å². The molecule has 0 radical (unpaired) electrons. The number of benzene rings is 1. The van der Waals surface area contributed by atoms with Gasteiger partial charge in [-0.25, -0.2) is 0 Å². The zero-order valence-corrected chi connectivity index (χ0v) is 10.6. The molecule has 1 rings (SSSR count). The van der Waals surface area contributed by atoms with Gasteiger partial charge < -0.3 is 10.5 Å². The first-order valence-electron chi connectivity index (χ1n) is 6.09. The Morgan fingerprint density at radius 2 is 2.06 bits per heavy atom. The van der Waals surface area contributed by atoms with Gasteiger partial charge in [-0.1, -0.05) is 38.3 Å². The van der Waals surface area contributed by atoms with Crippen LogP contribution in [0.1, 0.15) is 49.8 Å². The van der Waals surface area contributed by atoms with Crippen molar-refractivity contribution in [3.63, 3.8) is 0 Å². The second kappa shape index (κ2) is 6.54. The molecule has 0 aliphatic heterocycles. The van der Waals surface area contributed by atoms with Gasteiger partial charge in [0, 0.05) is 6.04 Å². The van der Waals surface area contributed by atoms with E-state index in [2.05, 4.69) is 25.1 Å². The zero-order valence-electron chi connectivity index (χ0n) is 10.6. The first kappa shape index (κ1) is 13.0. The molecule has 0 unspecified atom stereocenters. The Bertz CT molecular complexity index is 323. The van der Waals surface area contributed by atoms with Crippen LogP contribution in [0.4, 0.5) is 0 Å². The summed E-state index contributed by atoms with van der Waals surface area (Å²) in [4.78, 5) is 0. The van der Waals surface area contributed by atoms with Crippen LogP contribution in [-0.4, -0.2) is 7.11 Å². The van der Waals surface area contributed by atoms with Crippen molar-refractivity contribution in [2.45, 2.75) is 45.6 Å². The van der Waals surface area contributed by atoms with Crippen molar-refractivity contribution < 1.29 is 4.74 Å². The number of nitrogens with two attached hydrogens (primary N) is 1. The Kier molecular flexibility index (Phi) is 5.33. The summed E-state index contributed by atoms with van der Waals surface area (Å²) in [6.07, 6.45) is 4.76. The van der Waals surface area contributed by atoms with Gasteiger partial charge in [0.1, 0.15) is 5.75 Å². The fourth-order valence-electron chi connectivity index (χ4n) is 1.85. The van der Waals surface area contributed by atoms with Gasteiger partial charge in [0.15, 0.2) is 0 Å². The van der Waals surface area contributed by atoms with Gasteiger partial charge in [0.2, 0.25) is 0 Å². The molecule has 0 saturated carbocycles. The van der Waals surface area contributed by atoms with E-state index in [1.165, 1.54) is 24.8 Å². The molecule has 0 heterocycles. The fourth-order valence-corrected chi connectivity index (χ4v) is 1.85. The van der Waals surface area contributed by atoms with Crippen LogP contribution in [0.3, 0.4) is 0 Å². The molecule has 2 heteroatoms. The van der Waals surface area contributed by atoms with Crippen LogP contribution in [-0.2, 0) is 0 Å². The summed E-state index contributed by atoms with van der Waals surface area (Å²) in [5.41, 5.74) is 8.49. The molecule has 2 N–H and O–H groups in total. The van der Waals surface area contributed by atoms with Gasteiger partial charge in [-0.2, -0.15) is 0 Å². The van der Waals surface area contributed by atoms with E-state index in [1.807, 2.05) is 6.92 Å². The van der Waals surface area contributed by atoms with E-state index in [9.17, 15) is 0 Å². The largest absolute Gasteiger partial charge is 0.496 e. The van der Waals surface area contributed by atoms with Crippen LogP contribution in [0.5, 0.6) is 5.75 Å². The Labute approximate surface area is 98.8 Å². The maximum absolute atomic E-state index is 6.15. The molecule has 0 saturated heterocycles. The van der Waals surface area contributed by atoms with Gasteiger partial charge in [0.05, 0.1) is 7.11 Å². The molecule has 1 aromatic rings. The highest BCUT2D eigenvalue weighted by Crippen LogP contribution is 2.24. The molecule has 16 heavy (non-hydrogen) atoms. The van der Waals surface area contributed by atoms with Crippen LogP contribution >= 0.6 is 0 Å². The van der Waals surface area contributed by atoms with Crippen molar-refractivity contribution in [2.24, 2.45) is 5.73 Å².